The normalized spacial score (nSPS) is 9.91. The molecule has 0 radical (unpaired) electrons. The molecular formula is C17H16O5. The van der Waals surface area contributed by atoms with Gasteiger partial charge in [-0.05, 0) is 23.3 Å². The van der Waals surface area contributed by atoms with Gasteiger partial charge < -0.3 is 14.2 Å². The molecule has 2 rings (SSSR count). The van der Waals surface area contributed by atoms with Crippen molar-refractivity contribution in [2.24, 2.45) is 0 Å². The summed E-state index contributed by atoms with van der Waals surface area (Å²) >= 11 is 0. The molecule has 0 saturated carbocycles. The maximum atomic E-state index is 11.9. The summed E-state index contributed by atoms with van der Waals surface area (Å²) in [6.07, 6.45) is 0. The van der Waals surface area contributed by atoms with Gasteiger partial charge in [-0.1, -0.05) is 36.4 Å². The molecule has 0 aromatic heterocycles. The van der Waals surface area contributed by atoms with Crippen LogP contribution in [0.3, 0.4) is 0 Å². The first-order valence-electron chi connectivity index (χ1n) is 6.63. The van der Waals surface area contributed by atoms with Gasteiger partial charge in [0, 0.05) is 0 Å². The van der Waals surface area contributed by atoms with E-state index in [0.29, 0.717) is 0 Å². The van der Waals surface area contributed by atoms with Crippen LogP contribution in [0.1, 0.15) is 10.4 Å². The summed E-state index contributed by atoms with van der Waals surface area (Å²) in [5, 5.41) is 0. The Hall–Kier alpha value is -2.82. The van der Waals surface area contributed by atoms with Crippen molar-refractivity contribution >= 4 is 11.9 Å². The number of methoxy groups -OCH3 is 2. The maximum Gasteiger partial charge on any atom is 0.343 e. The van der Waals surface area contributed by atoms with Crippen molar-refractivity contribution in [3.63, 3.8) is 0 Å². The lowest BCUT2D eigenvalue weighted by Crippen LogP contribution is -2.14. The van der Waals surface area contributed by atoms with Gasteiger partial charge in [0.05, 0.1) is 14.2 Å². The Balaban J connectivity index is 2.34. The lowest BCUT2D eigenvalue weighted by atomic mass is 10.0. The Morgan fingerprint density at radius 2 is 1.64 bits per heavy atom. The second kappa shape index (κ2) is 7.26. The van der Waals surface area contributed by atoms with E-state index < -0.39 is 11.9 Å². The predicted octanol–water partition coefficient (Wildman–Crippen LogP) is 2.69. The summed E-state index contributed by atoms with van der Waals surface area (Å²) in [5.41, 5.74) is 2.08. The summed E-state index contributed by atoms with van der Waals surface area (Å²) < 4.78 is 14.6. The lowest BCUT2D eigenvalue weighted by Gasteiger charge is -2.11. The van der Waals surface area contributed by atoms with Gasteiger partial charge in [0.15, 0.2) is 6.61 Å². The molecule has 0 atom stereocenters. The van der Waals surface area contributed by atoms with Gasteiger partial charge in [-0.25, -0.2) is 9.59 Å². The molecule has 0 unspecified atom stereocenters. The molecule has 0 bridgehead atoms. The van der Waals surface area contributed by atoms with Gasteiger partial charge in [-0.2, -0.15) is 0 Å². The van der Waals surface area contributed by atoms with Crippen LogP contribution in [0.4, 0.5) is 0 Å². The van der Waals surface area contributed by atoms with E-state index in [1.807, 2.05) is 36.4 Å². The van der Waals surface area contributed by atoms with Gasteiger partial charge in [0.2, 0.25) is 0 Å². The van der Waals surface area contributed by atoms with Crippen LogP contribution < -0.4 is 4.74 Å². The lowest BCUT2D eigenvalue weighted by molar-refractivity contribution is -0.142. The molecule has 0 heterocycles. The monoisotopic (exact) mass is 300 g/mol. The zero-order chi connectivity index (χ0) is 15.9. The van der Waals surface area contributed by atoms with Crippen molar-refractivity contribution in [1.29, 1.82) is 0 Å². The van der Waals surface area contributed by atoms with Crippen molar-refractivity contribution in [3.8, 4) is 16.9 Å². The second-order valence-electron chi connectivity index (χ2n) is 4.43. The van der Waals surface area contributed by atoms with Crippen LogP contribution in [0.2, 0.25) is 0 Å². The van der Waals surface area contributed by atoms with Crippen molar-refractivity contribution < 1.29 is 23.8 Å². The highest BCUT2D eigenvalue weighted by molar-refractivity contribution is 5.94. The minimum Gasteiger partial charge on any atom is -0.481 e. The summed E-state index contributed by atoms with van der Waals surface area (Å²) in [4.78, 5) is 23.1. The Labute approximate surface area is 128 Å². The molecule has 0 N–H and O–H groups in total. The van der Waals surface area contributed by atoms with E-state index in [0.717, 1.165) is 11.1 Å². The number of ether oxygens (including phenoxy) is 3. The van der Waals surface area contributed by atoms with Crippen molar-refractivity contribution in [3.05, 3.63) is 54.1 Å². The van der Waals surface area contributed by atoms with Crippen molar-refractivity contribution in [2.75, 3.05) is 20.8 Å². The first-order chi connectivity index (χ1) is 10.7. The quantitative estimate of drug-likeness (QED) is 0.794. The third-order valence-electron chi connectivity index (χ3n) is 3.07. The number of hydrogen-bond acceptors (Lipinski definition) is 5. The van der Waals surface area contributed by atoms with Gasteiger partial charge >= 0.3 is 11.9 Å². The van der Waals surface area contributed by atoms with E-state index in [4.69, 9.17) is 9.47 Å². The molecule has 2 aromatic carbocycles. The smallest absolute Gasteiger partial charge is 0.343 e. The zero-order valence-electron chi connectivity index (χ0n) is 12.4. The molecule has 0 aliphatic rings. The van der Waals surface area contributed by atoms with E-state index in [1.165, 1.54) is 14.2 Å². The van der Waals surface area contributed by atoms with Crippen LogP contribution in [0, 0.1) is 0 Å². The first kappa shape index (κ1) is 15.6. The largest absolute Gasteiger partial charge is 0.481 e. The Bertz CT molecular complexity index is 664. The van der Waals surface area contributed by atoms with E-state index >= 15 is 0 Å². The van der Waals surface area contributed by atoms with Crippen molar-refractivity contribution in [2.45, 2.75) is 0 Å². The summed E-state index contributed by atoms with van der Waals surface area (Å²) in [6.45, 7) is -0.273. The highest BCUT2D eigenvalue weighted by Crippen LogP contribution is 2.27. The molecule has 0 amide bonds. The molecular weight excluding hydrogens is 284 g/mol. The summed E-state index contributed by atoms with van der Waals surface area (Å²) in [6, 6.07) is 14.7. The second-order valence-corrected chi connectivity index (χ2v) is 4.43. The minimum absolute atomic E-state index is 0.257. The fraction of sp³-hybridized carbons (Fsp3) is 0.176. The standard InChI is InChI=1S/C17H16O5/c1-20-16(18)11-22-15-9-8-13(10-14(15)17(19)21-2)12-6-4-3-5-7-12/h3-10H,11H2,1-2H3. The number of benzene rings is 2. The molecule has 0 spiro atoms. The van der Waals surface area contributed by atoms with Gasteiger partial charge in [0.1, 0.15) is 11.3 Å². The third-order valence-corrected chi connectivity index (χ3v) is 3.07. The molecule has 0 saturated heterocycles. The van der Waals surface area contributed by atoms with E-state index in [2.05, 4.69) is 4.74 Å². The van der Waals surface area contributed by atoms with Gasteiger partial charge in [-0.15, -0.1) is 0 Å². The van der Waals surface area contributed by atoms with Crippen LogP contribution in [-0.4, -0.2) is 32.8 Å². The topological polar surface area (TPSA) is 61.8 Å². The van der Waals surface area contributed by atoms with Crippen LogP contribution in [0.15, 0.2) is 48.5 Å². The average Bonchev–Trinajstić information content (AvgIpc) is 2.59. The number of carbonyl (C=O) groups excluding carboxylic acids is 2. The molecule has 114 valence electrons. The molecule has 5 heteroatoms. The van der Waals surface area contributed by atoms with Crippen LogP contribution >= 0.6 is 0 Å². The van der Waals surface area contributed by atoms with Gasteiger partial charge in [-0.3, -0.25) is 0 Å². The highest BCUT2D eigenvalue weighted by Gasteiger charge is 2.16. The van der Waals surface area contributed by atoms with E-state index in [9.17, 15) is 9.59 Å². The SMILES string of the molecule is COC(=O)COc1ccc(-c2ccccc2)cc1C(=O)OC. The predicted molar refractivity (Wildman–Crippen MR) is 80.7 cm³/mol. The Morgan fingerprint density at radius 3 is 2.27 bits per heavy atom. The van der Waals surface area contributed by atoms with E-state index in [-0.39, 0.29) is 17.9 Å². The van der Waals surface area contributed by atoms with Crippen LogP contribution in [0.25, 0.3) is 11.1 Å². The van der Waals surface area contributed by atoms with Crippen molar-refractivity contribution in [1.82, 2.24) is 0 Å². The summed E-state index contributed by atoms with van der Waals surface area (Å²) in [7, 11) is 2.56. The Kier molecular flexibility index (Phi) is 5.14. The zero-order valence-corrected chi connectivity index (χ0v) is 12.4. The van der Waals surface area contributed by atoms with Crippen LogP contribution in [-0.2, 0) is 14.3 Å². The van der Waals surface area contributed by atoms with Crippen LogP contribution in [0.5, 0.6) is 5.75 Å². The minimum atomic E-state index is -0.530. The van der Waals surface area contributed by atoms with Gasteiger partial charge in [0.25, 0.3) is 0 Å². The van der Waals surface area contributed by atoms with E-state index in [1.54, 1.807) is 12.1 Å². The fourth-order valence-corrected chi connectivity index (χ4v) is 1.93. The number of rotatable bonds is 5. The summed E-state index contributed by atoms with van der Waals surface area (Å²) in [5.74, 6) is -0.780. The Morgan fingerprint density at radius 1 is 0.909 bits per heavy atom. The fourth-order valence-electron chi connectivity index (χ4n) is 1.93. The maximum absolute atomic E-state index is 11.9. The molecule has 5 nitrogen and oxygen atoms in total. The number of carbonyl (C=O) groups is 2. The molecule has 2 aromatic rings. The average molecular weight is 300 g/mol. The highest BCUT2D eigenvalue weighted by atomic mass is 16.6. The molecule has 22 heavy (non-hydrogen) atoms. The number of hydrogen-bond donors (Lipinski definition) is 0. The first-order valence-corrected chi connectivity index (χ1v) is 6.63. The molecule has 0 fully saturated rings. The number of esters is 2. The molecule has 0 aliphatic heterocycles. The third kappa shape index (κ3) is 3.63. The molecule has 0 aliphatic carbocycles.